The van der Waals surface area contributed by atoms with Gasteiger partial charge in [-0.15, -0.1) is 0 Å². The van der Waals surface area contributed by atoms with Gasteiger partial charge in [0.05, 0.1) is 23.6 Å². The SMILES string of the molecule is N#Cc1ccc(Nc2cccc([C@H]3CCCN3Cc3cccn3-c3ccccn3)n2)cn1. The molecule has 1 atom stereocenters. The summed E-state index contributed by atoms with van der Waals surface area (Å²) in [5, 5.41) is 12.2. The van der Waals surface area contributed by atoms with Crippen molar-refractivity contribution in [1.82, 2.24) is 24.4 Å². The van der Waals surface area contributed by atoms with E-state index in [1.54, 1.807) is 12.3 Å². The largest absolute Gasteiger partial charge is 0.339 e. The third kappa shape index (κ3) is 4.22. The zero-order valence-electron chi connectivity index (χ0n) is 17.6. The number of rotatable bonds is 6. The summed E-state index contributed by atoms with van der Waals surface area (Å²) in [6.45, 7) is 1.88. The van der Waals surface area contributed by atoms with Crippen LogP contribution in [0.4, 0.5) is 11.5 Å². The number of anilines is 2. The minimum Gasteiger partial charge on any atom is -0.339 e. The fourth-order valence-electron chi connectivity index (χ4n) is 4.21. The highest BCUT2D eigenvalue weighted by atomic mass is 15.2. The van der Waals surface area contributed by atoms with Crippen molar-refractivity contribution in [3.63, 3.8) is 0 Å². The minimum absolute atomic E-state index is 0.267. The summed E-state index contributed by atoms with van der Waals surface area (Å²) in [5.41, 5.74) is 3.48. The number of nitrogens with zero attached hydrogens (tertiary/aromatic N) is 6. The van der Waals surface area contributed by atoms with Crippen LogP contribution in [-0.2, 0) is 6.54 Å². The van der Waals surface area contributed by atoms with E-state index in [2.05, 4.69) is 49.1 Å². The maximum atomic E-state index is 8.92. The second-order valence-electron chi connectivity index (χ2n) is 7.80. The molecule has 0 aromatic carbocycles. The van der Waals surface area contributed by atoms with Crippen LogP contribution in [0.2, 0.25) is 0 Å². The van der Waals surface area contributed by atoms with E-state index in [1.807, 2.05) is 48.7 Å². The molecule has 5 rings (SSSR count). The Hall–Kier alpha value is -4.02. The lowest BCUT2D eigenvalue weighted by atomic mass is 10.1. The van der Waals surface area contributed by atoms with Crippen molar-refractivity contribution in [3.8, 4) is 11.9 Å². The van der Waals surface area contributed by atoms with Gasteiger partial charge in [-0.2, -0.15) is 5.26 Å². The molecule has 7 heteroatoms. The Labute approximate surface area is 187 Å². The molecule has 0 aliphatic carbocycles. The lowest BCUT2D eigenvalue weighted by molar-refractivity contribution is 0.240. The molecule has 0 radical (unpaired) electrons. The molecule has 7 nitrogen and oxygen atoms in total. The summed E-state index contributed by atoms with van der Waals surface area (Å²) < 4.78 is 2.15. The fourth-order valence-corrected chi connectivity index (χ4v) is 4.21. The predicted molar refractivity (Wildman–Crippen MR) is 122 cm³/mol. The molecule has 0 amide bonds. The Kier molecular flexibility index (Phi) is 5.60. The quantitative estimate of drug-likeness (QED) is 0.489. The molecular formula is C25H23N7. The van der Waals surface area contributed by atoms with Crippen LogP contribution in [0.25, 0.3) is 5.82 Å². The summed E-state index contributed by atoms with van der Waals surface area (Å²) in [5.74, 6) is 1.71. The molecule has 0 spiro atoms. The molecular weight excluding hydrogens is 398 g/mol. The van der Waals surface area contributed by atoms with E-state index in [0.29, 0.717) is 5.69 Å². The molecule has 32 heavy (non-hydrogen) atoms. The molecule has 158 valence electrons. The first-order valence-electron chi connectivity index (χ1n) is 10.7. The topological polar surface area (TPSA) is 82.7 Å². The van der Waals surface area contributed by atoms with Gasteiger partial charge in [0, 0.05) is 24.6 Å². The molecule has 1 aliphatic rings. The van der Waals surface area contributed by atoms with Crippen LogP contribution in [0, 0.1) is 11.3 Å². The number of hydrogen-bond donors (Lipinski definition) is 1. The Balaban J connectivity index is 1.34. The van der Waals surface area contributed by atoms with Crippen molar-refractivity contribution in [2.45, 2.75) is 25.4 Å². The fraction of sp³-hybridized carbons (Fsp3) is 0.200. The standard InChI is InChI=1S/C25H23N7/c26-16-19-11-12-20(17-28-19)29-24-9-3-7-22(30-24)23-8-5-14-31(23)18-21-6-4-15-32(21)25-10-1-2-13-27-25/h1-4,6-7,9-13,15,17,23H,5,8,14,18H2,(H,29,30)/t23-/m1/s1. The smallest absolute Gasteiger partial charge is 0.140 e. The molecule has 1 aliphatic heterocycles. The van der Waals surface area contributed by atoms with Crippen molar-refractivity contribution in [1.29, 1.82) is 5.26 Å². The first kappa shape index (κ1) is 19.9. The molecule has 1 N–H and O–H groups in total. The van der Waals surface area contributed by atoms with E-state index in [0.717, 1.165) is 48.9 Å². The van der Waals surface area contributed by atoms with Crippen molar-refractivity contribution >= 4 is 11.5 Å². The second-order valence-corrected chi connectivity index (χ2v) is 7.80. The third-order valence-corrected chi connectivity index (χ3v) is 5.72. The molecule has 0 unspecified atom stereocenters. The van der Waals surface area contributed by atoms with Gasteiger partial charge < -0.3 is 9.88 Å². The Morgan fingerprint density at radius 2 is 2.00 bits per heavy atom. The van der Waals surface area contributed by atoms with E-state index in [4.69, 9.17) is 10.2 Å². The first-order chi connectivity index (χ1) is 15.8. The van der Waals surface area contributed by atoms with E-state index in [9.17, 15) is 0 Å². The maximum Gasteiger partial charge on any atom is 0.140 e. The van der Waals surface area contributed by atoms with E-state index in [1.165, 1.54) is 5.69 Å². The normalized spacial score (nSPS) is 16.0. The lowest BCUT2D eigenvalue weighted by Gasteiger charge is -2.25. The average molecular weight is 422 g/mol. The zero-order valence-corrected chi connectivity index (χ0v) is 17.6. The molecule has 1 fully saturated rings. The van der Waals surface area contributed by atoms with Crippen LogP contribution in [0.5, 0.6) is 0 Å². The number of aromatic nitrogens is 4. The van der Waals surface area contributed by atoms with Crippen molar-refractivity contribution in [2.75, 3.05) is 11.9 Å². The van der Waals surface area contributed by atoms with Crippen LogP contribution in [-0.4, -0.2) is 31.0 Å². The van der Waals surface area contributed by atoms with Gasteiger partial charge in [0.2, 0.25) is 0 Å². The van der Waals surface area contributed by atoms with E-state index < -0.39 is 0 Å². The third-order valence-electron chi connectivity index (χ3n) is 5.72. The summed E-state index contributed by atoms with van der Waals surface area (Å²) in [6.07, 6.45) is 7.77. The average Bonchev–Trinajstić information content (AvgIpc) is 3.50. The summed E-state index contributed by atoms with van der Waals surface area (Å²) >= 11 is 0. The summed E-state index contributed by atoms with van der Waals surface area (Å²) in [4.78, 5) is 16.0. The van der Waals surface area contributed by atoms with Gasteiger partial charge in [0.15, 0.2) is 0 Å². The van der Waals surface area contributed by atoms with Crippen molar-refractivity contribution in [2.24, 2.45) is 0 Å². The number of hydrogen-bond acceptors (Lipinski definition) is 6. The van der Waals surface area contributed by atoms with Gasteiger partial charge in [-0.1, -0.05) is 12.1 Å². The highest BCUT2D eigenvalue weighted by Crippen LogP contribution is 2.33. The molecule has 1 saturated heterocycles. The van der Waals surface area contributed by atoms with Gasteiger partial charge in [-0.05, 0) is 67.9 Å². The molecule has 4 aromatic heterocycles. The monoisotopic (exact) mass is 421 g/mol. The molecule has 5 heterocycles. The van der Waals surface area contributed by atoms with Gasteiger partial charge in [0.1, 0.15) is 23.4 Å². The number of likely N-dealkylation sites (tertiary alicyclic amines) is 1. The predicted octanol–water partition coefficient (Wildman–Crippen LogP) is 4.61. The number of nitrogens with one attached hydrogen (secondary N) is 1. The maximum absolute atomic E-state index is 8.92. The van der Waals surface area contributed by atoms with Crippen LogP contribution < -0.4 is 5.32 Å². The Morgan fingerprint density at radius 3 is 2.81 bits per heavy atom. The second kappa shape index (κ2) is 9.00. The van der Waals surface area contributed by atoms with Gasteiger partial charge in [-0.25, -0.2) is 15.0 Å². The van der Waals surface area contributed by atoms with Crippen LogP contribution >= 0.6 is 0 Å². The molecule has 4 aromatic rings. The summed E-state index contributed by atoms with van der Waals surface area (Å²) in [7, 11) is 0. The van der Waals surface area contributed by atoms with Crippen LogP contribution in [0.1, 0.15) is 36.0 Å². The Bertz CT molecular complexity index is 1230. The van der Waals surface area contributed by atoms with Gasteiger partial charge in [0.25, 0.3) is 0 Å². The van der Waals surface area contributed by atoms with Crippen molar-refractivity contribution in [3.05, 3.63) is 96.3 Å². The number of pyridine rings is 3. The molecule has 0 bridgehead atoms. The van der Waals surface area contributed by atoms with E-state index >= 15 is 0 Å². The molecule has 0 saturated carbocycles. The summed E-state index contributed by atoms with van der Waals surface area (Å²) in [6, 6.07) is 22.1. The Morgan fingerprint density at radius 1 is 1.03 bits per heavy atom. The highest BCUT2D eigenvalue weighted by molar-refractivity contribution is 5.55. The van der Waals surface area contributed by atoms with Crippen LogP contribution in [0.3, 0.4) is 0 Å². The lowest BCUT2D eigenvalue weighted by Crippen LogP contribution is -2.24. The van der Waals surface area contributed by atoms with Gasteiger partial charge in [-0.3, -0.25) is 4.90 Å². The van der Waals surface area contributed by atoms with Crippen LogP contribution in [0.15, 0.2) is 79.3 Å². The first-order valence-corrected chi connectivity index (χ1v) is 10.7. The highest BCUT2D eigenvalue weighted by Gasteiger charge is 2.28. The van der Waals surface area contributed by atoms with Crippen molar-refractivity contribution < 1.29 is 0 Å². The minimum atomic E-state index is 0.267. The number of nitriles is 1. The zero-order chi connectivity index (χ0) is 21.8. The van der Waals surface area contributed by atoms with E-state index in [-0.39, 0.29) is 6.04 Å². The van der Waals surface area contributed by atoms with Gasteiger partial charge >= 0.3 is 0 Å².